The van der Waals surface area contributed by atoms with Crippen LogP contribution < -0.4 is 15.4 Å². The summed E-state index contributed by atoms with van der Waals surface area (Å²) in [5.74, 6) is -0.390. The molecule has 8 heteroatoms. The van der Waals surface area contributed by atoms with Crippen LogP contribution >= 0.6 is 11.6 Å². The fourth-order valence-corrected chi connectivity index (χ4v) is 3.62. The van der Waals surface area contributed by atoms with Crippen LogP contribution in [0.25, 0.3) is 0 Å². The van der Waals surface area contributed by atoms with Gasteiger partial charge in [0, 0.05) is 35.6 Å². The van der Waals surface area contributed by atoms with E-state index in [-0.39, 0.29) is 29.4 Å². The Morgan fingerprint density at radius 3 is 2.20 bits per heavy atom. The number of carbonyl (C=O) groups excluding carboxylic acids is 3. The Bertz CT molecular complexity index is 1210. The highest BCUT2D eigenvalue weighted by Gasteiger charge is 2.14. The number of anilines is 2. The zero-order chi connectivity index (χ0) is 25.4. The molecule has 0 aromatic heterocycles. The number of hydrogen-bond donors (Lipinski definition) is 2. The van der Waals surface area contributed by atoms with E-state index in [0.29, 0.717) is 41.3 Å². The van der Waals surface area contributed by atoms with E-state index in [1.165, 1.54) is 0 Å². The van der Waals surface area contributed by atoms with Crippen molar-refractivity contribution in [1.82, 2.24) is 4.90 Å². The van der Waals surface area contributed by atoms with Crippen LogP contribution in [0.2, 0.25) is 5.02 Å². The maximum absolute atomic E-state index is 12.8. The van der Waals surface area contributed by atoms with Crippen molar-refractivity contribution in [3.05, 3.63) is 88.4 Å². The fourth-order valence-electron chi connectivity index (χ4n) is 3.39. The molecule has 7 nitrogen and oxygen atoms in total. The Balaban J connectivity index is 1.66. The minimum atomic E-state index is -0.360. The third-order valence-electron chi connectivity index (χ3n) is 5.44. The molecule has 0 spiro atoms. The van der Waals surface area contributed by atoms with Crippen molar-refractivity contribution >= 4 is 40.7 Å². The SMILES string of the molecule is CCN(CC)C(=O)COc1ccc(NC(=O)c2ccc(C)c(NC(=O)c3ccccc3)c2)cc1Cl. The minimum absolute atomic E-state index is 0.117. The van der Waals surface area contributed by atoms with E-state index in [4.69, 9.17) is 16.3 Å². The molecule has 0 bridgehead atoms. The van der Waals surface area contributed by atoms with Crippen molar-refractivity contribution in [2.24, 2.45) is 0 Å². The van der Waals surface area contributed by atoms with E-state index in [2.05, 4.69) is 10.6 Å². The summed E-state index contributed by atoms with van der Waals surface area (Å²) in [6.07, 6.45) is 0. The molecular formula is C27H28ClN3O4. The van der Waals surface area contributed by atoms with E-state index in [0.717, 1.165) is 5.56 Å². The highest BCUT2D eigenvalue weighted by molar-refractivity contribution is 6.32. The van der Waals surface area contributed by atoms with Gasteiger partial charge in [0.05, 0.1) is 5.02 Å². The number of aryl methyl sites for hydroxylation is 1. The summed E-state index contributed by atoms with van der Waals surface area (Å²) in [4.78, 5) is 39.2. The maximum atomic E-state index is 12.8. The first kappa shape index (κ1) is 25.8. The van der Waals surface area contributed by atoms with E-state index in [1.807, 2.05) is 26.8 Å². The molecule has 0 fully saturated rings. The summed E-state index contributed by atoms with van der Waals surface area (Å²) >= 11 is 6.30. The molecule has 3 amide bonds. The van der Waals surface area contributed by atoms with Gasteiger partial charge in [-0.25, -0.2) is 0 Å². The summed E-state index contributed by atoms with van der Waals surface area (Å²) in [5, 5.41) is 5.92. The van der Waals surface area contributed by atoms with Gasteiger partial charge in [-0.3, -0.25) is 14.4 Å². The summed E-state index contributed by atoms with van der Waals surface area (Å²) in [6, 6.07) is 18.7. The molecule has 35 heavy (non-hydrogen) atoms. The summed E-state index contributed by atoms with van der Waals surface area (Å²) in [7, 11) is 0. The lowest BCUT2D eigenvalue weighted by Gasteiger charge is -2.19. The van der Waals surface area contributed by atoms with Gasteiger partial charge in [-0.1, -0.05) is 35.9 Å². The van der Waals surface area contributed by atoms with Crippen molar-refractivity contribution in [3.8, 4) is 5.75 Å². The average Bonchev–Trinajstić information content (AvgIpc) is 2.86. The van der Waals surface area contributed by atoms with Crippen molar-refractivity contribution in [2.45, 2.75) is 20.8 Å². The molecule has 0 aliphatic carbocycles. The number of nitrogens with one attached hydrogen (secondary N) is 2. The van der Waals surface area contributed by atoms with E-state index in [1.54, 1.807) is 65.6 Å². The lowest BCUT2D eigenvalue weighted by molar-refractivity contribution is -0.132. The van der Waals surface area contributed by atoms with Crippen LogP contribution in [0.5, 0.6) is 5.75 Å². The zero-order valence-electron chi connectivity index (χ0n) is 19.9. The van der Waals surface area contributed by atoms with E-state index < -0.39 is 0 Å². The molecule has 182 valence electrons. The van der Waals surface area contributed by atoms with Crippen LogP contribution in [0.3, 0.4) is 0 Å². The molecule has 0 aliphatic heterocycles. The lowest BCUT2D eigenvalue weighted by atomic mass is 10.1. The number of benzene rings is 3. The second kappa shape index (κ2) is 12.0. The molecule has 0 unspecified atom stereocenters. The molecule has 0 saturated carbocycles. The van der Waals surface area contributed by atoms with Crippen molar-refractivity contribution in [2.75, 3.05) is 30.3 Å². The van der Waals surface area contributed by atoms with Gasteiger partial charge in [-0.15, -0.1) is 0 Å². The Kier molecular flexibility index (Phi) is 8.86. The first-order valence-electron chi connectivity index (χ1n) is 11.3. The molecule has 0 atom stereocenters. The molecule has 2 N–H and O–H groups in total. The number of carbonyl (C=O) groups is 3. The number of amides is 3. The Labute approximate surface area is 210 Å². The molecule has 3 rings (SSSR count). The predicted molar refractivity (Wildman–Crippen MR) is 138 cm³/mol. The van der Waals surface area contributed by atoms with Gasteiger partial charge < -0.3 is 20.3 Å². The van der Waals surface area contributed by atoms with Gasteiger partial charge in [0.1, 0.15) is 5.75 Å². The van der Waals surface area contributed by atoms with E-state index in [9.17, 15) is 14.4 Å². The van der Waals surface area contributed by atoms with Gasteiger partial charge in [0.25, 0.3) is 17.7 Å². The standard InChI is InChI=1S/C27H28ClN3O4/c1-4-31(5-2)25(32)17-35-24-14-13-21(16-22(24)28)29-27(34)20-12-11-18(3)23(15-20)30-26(33)19-9-7-6-8-10-19/h6-16H,4-5,17H2,1-3H3,(H,29,34)(H,30,33). The van der Waals surface area contributed by atoms with Crippen LogP contribution in [0.15, 0.2) is 66.7 Å². The van der Waals surface area contributed by atoms with Gasteiger partial charge >= 0.3 is 0 Å². The number of nitrogens with zero attached hydrogens (tertiary/aromatic N) is 1. The number of ether oxygens (including phenoxy) is 1. The van der Waals surface area contributed by atoms with Crippen molar-refractivity contribution in [1.29, 1.82) is 0 Å². The smallest absolute Gasteiger partial charge is 0.260 e. The fraction of sp³-hybridized carbons (Fsp3) is 0.222. The maximum Gasteiger partial charge on any atom is 0.260 e. The molecule has 0 heterocycles. The molecule has 0 saturated heterocycles. The molecule has 3 aromatic carbocycles. The lowest BCUT2D eigenvalue weighted by Crippen LogP contribution is -2.34. The van der Waals surface area contributed by atoms with Crippen molar-refractivity contribution < 1.29 is 19.1 Å². The summed E-state index contributed by atoms with van der Waals surface area (Å²) < 4.78 is 5.55. The molecule has 0 aliphatic rings. The Hall–Kier alpha value is -3.84. The highest BCUT2D eigenvalue weighted by Crippen LogP contribution is 2.28. The van der Waals surface area contributed by atoms with Crippen LogP contribution in [0, 0.1) is 6.92 Å². The second-order valence-electron chi connectivity index (χ2n) is 7.80. The molecular weight excluding hydrogens is 466 g/mol. The number of rotatable bonds is 9. The van der Waals surface area contributed by atoms with Crippen molar-refractivity contribution in [3.63, 3.8) is 0 Å². The topological polar surface area (TPSA) is 87.7 Å². The monoisotopic (exact) mass is 493 g/mol. The zero-order valence-corrected chi connectivity index (χ0v) is 20.7. The predicted octanol–water partition coefficient (Wildman–Crippen LogP) is 5.40. The summed E-state index contributed by atoms with van der Waals surface area (Å²) in [6.45, 7) is 6.75. The third kappa shape index (κ3) is 6.83. The van der Waals surface area contributed by atoms with Gasteiger partial charge in [-0.2, -0.15) is 0 Å². The third-order valence-corrected chi connectivity index (χ3v) is 5.74. The Morgan fingerprint density at radius 1 is 0.857 bits per heavy atom. The van der Waals surface area contributed by atoms with Crippen LogP contribution in [0.1, 0.15) is 40.1 Å². The largest absolute Gasteiger partial charge is 0.482 e. The quantitative estimate of drug-likeness (QED) is 0.417. The van der Waals surface area contributed by atoms with Crippen LogP contribution in [-0.4, -0.2) is 42.3 Å². The highest BCUT2D eigenvalue weighted by atomic mass is 35.5. The van der Waals surface area contributed by atoms with Gasteiger partial charge in [-0.05, 0) is 68.8 Å². The number of hydrogen-bond acceptors (Lipinski definition) is 4. The summed E-state index contributed by atoms with van der Waals surface area (Å²) in [5.41, 5.74) is 2.75. The van der Waals surface area contributed by atoms with Gasteiger partial charge in [0.15, 0.2) is 6.61 Å². The number of halogens is 1. The first-order chi connectivity index (χ1) is 16.8. The van der Waals surface area contributed by atoms with Crippen LogP contribution in [0.4, 0.5) is 11.4 Å². The normalized spacial score (nSPS) is 10.4. The van der Waals surface area contributed by atoms with Gasteiger partial charge in [0.2, 0.25) is 0 Å². The minimum Gasteiger partial charge on any atom is -0.482 e. The van der Waals surface area contributed by atoms with E-state index >= 15 is 0 Å². The van der Waals surface area contributed by atoms with Crippen LogP contribution in [-0.2, 0) is 4.79 Å². The second-order valence-corrected chi connectivity index (χ2v) is 8.21. The molecule has 3 aromatic rings. The Morgan fingerprint density at radius 2 is 1.54 bits per heavy atom. The first-order valence-corrected chi connectivity index (χ1v) is 11.7. The molecule has 0 radical (unpaired) electrons. The average molecular weight is 494 g/mol. The number of likely N-dealkylation sites (N-methyl/N-ethyl adjacent to an activating group) is 1.